The van der Waals surface area contributed by atoms with Crippen molar-refractivity contribution in [2.45, 2.75) is 13.0 Å². The van der Waals surface area contributed by atoms with Gasteiger partial charge in [0.2, 0.25) is 5.91 Å². The lowest BCUT2D eigenvalue weighted by molar-refractivity contribution is -0.120. The van der Waals surface area contributed by atoms with Crippen molar-refractivity contribution >= 4 is 22.6 Å². The minimum atomic E-state index is -0.158. The van der Waals surface area contributed by atoms with Gasteiger partial charge in [-0.05, 0) is 29.8 Å². The smallest absolute Gasteiger partial charge is 0.326 e. The van der Waals surface area contributed by atoms with Crippen molar-refractivity contribution in [3.05, 3.63) is 64.6 Å². The summed E-state index contributed by atoms with van der Waals surface area (Å²) >= 11 is 0. The van der Waals surface area contributed by atoms with Crippen molar-refractivity contribution in [3.63, 3.8) is 0 Å². The fourth-order valence-electron chi connectivity index (χ4n) is 3.53. The van der Waals surface area contributed by atoms with E-state index in [1.54, 1.807) is 4.57 Å². The van der Waals surface area contributed by atoms with Crippen LogP contribution in [0.5, 0.6) is 0 Å². The minimum absolute atomic E-state index is 0.0491. The summed E-state index contributed by atoms with van der Waals surface area (Å²) in [7, 11) is 0. The first-order chi connectivity index (χ1) is 13.7. The second-order valence-corrected chi connectivity index (χ2v) is 6.89. The number of carbonyl (C=O) groups is 1. The summed E-state index contributed by atoms with van der Waals surface area (Å²) in [6.07, 6.45) is 0.326. The normalized spacial score (nSPS) is 14.4. The van der Waals surface area contributed by atoms with Gasteiger partial charge in [0, 0.05) is 31.9 Å². The minimum Gasteiger partial charge on any atom is -0.378 e. The van der Waals surface area contributed by atoms with Crippen LogP contribution in [0, 0.1) is 0 Å². The first-order valence-corrected chi connectivity index (χ1v) is 9.56. The number of amides is 1. The molecule has 0 saturated carbocycles. The number of aromatic amines is 1. The number of carbonyl (C=O) groups excluding carboxylic acids is 1. The zero-order valence-electron chi connectivity index (χ0n) is 15.7. The number of rotatable bonds is 6. The van der Waals surface area contributed by atoms with Gasteiger partial charge in [0.25, 0.3) is 0 Å². The Kier molecular flexibility index (Phi) is 5.43. The Morgan fingerprint density at radius 1 is 1.07 bits per heavy atom. The molecule has 7 heteroatoms. The highest BCUT2D eigenvalue weighted by molar-refractivity contribution is 5.78. The standard InChI is InChI=1S/C21H24N4O3/c26-20(15-16-5-7-17(8-6-16)24-11-13-28-14-12-24)22-9-10-25-19-4-2-1-3-18(19)23-21(25)27/h1-8H,9-15H2,(H,22,26)(H,23,27). The molecule has 4 rings (SSSR count). The number of imidazole rings is 1. The number of morpholine rings is 1. The summed E-state index contributed by atoms with van der Waals surface area (Å²) < 4.78 is 7.02. The third-order valence-corrected chi connectivity index (χ3v) is 5.02. The summed E-state index contributed by atoms with van der Waals surface area (Å²) in [5, 5.41) is 2.90. The molecule has 7 nitrogen and oxygen atoms in total. The third-order valence-electron chi connectivity index (χ3n) is 5.02. The number of fused-ring (bicyclic) bond motifs is 1. The maximum Gasteiger partial charge on any atom is 0.326 e. The zero-order valence-corrected chi connectivity index (χ0v) is 15.7. The number of nitrogens with one attached hydrogen (secondary N) is 2. The van der Waals surface area contributed by atoms with Crippen molar-refractivity contribution in [3.8, 4) is 0 Å². The van der Waals surface area contributed by atoms with Crippen LogP contribution in [-0.2, 0) is 22.5 Å². The molecule has 1 aromatic heterocycles. The van der Waals surface area contributed by atoms with Gasteiger partial charge in [-0.2, -0.15) is 0 Å². The predicted octanol–water partition coefficient (Wildman–Crippen LogP) is 1.53. The number of ether oxygens (including phenoxy) is 1. The molecule has 2 N–H and O–H groups in total. The average molecular weight is 380 g/mol. The molecule has 28 heavy (non-hydrogen) atoms. The number of para-hydroxylation sites is 2. The molecule has 0 spiro atoms. The van der Waals surface area contributed by atoms with Gasteiger partial charge in [0.15, 0.2) is 0 Å². The summed E-state index contributed by atoms with van der Waals surface area (Å²) in [4.78, 5) is 29.4. The molecule has 0 radical (unpaired) electrons. The van der Waals surface area contributed by atoms with Crippen LogP contribution in [0.25, 0.3) is 11.0 Å². The van der Waals surface area contributed by atoms with E-state index in [2.05, 4.69) is 27.3 Å². The Morgan fingerprint density at radius 3 is 2.61 bits per heavy atom. The summed E-state index contributed by atoms with van der Waals surface area (Å²) in [6.45, 7) is 4.14. The maximum atomic E-state index is 12.2. The van der Waals surface area contributed by atoms with Crippen molar-refractivity contribution in [2.24, 2.45) is 0 Å². The van der Waals surface area contributed by atoms with Crippen molar-refractivity contribution in [1.29, 1.82) is 0 Å². The fraction of sp³-hybridized carbons (Fsp3) is 0.333. The zero-order chi connectivity index (χ0) is 19.3. The van der Waals surface area contributed by atoms with E-state index in [0.717, 1.165) is 48.6 Å². The molecule has 0 aliphatic carbocycles. The van der Waals surface area contributed by atoms with E-state index in [4.69, 9.17) is 4.74 Å². The summed E-state index contributed by atoms with van der Waals surface area (Å²) in [5.74, 6) is -0.0491. The molecule has 2 aromatic carbocycles. The molecule has 2 heterocycles. The summed E-state index contributed by atoms with van der Waals surface area (Å²) in [5.41, 5.74) is 3.62. The van der Waals surface area contributed by atoms with Gasteiger partial charge in [-0.25, -0.2) is 4.79 Å². The first-order valence-electron chi connectivity index (χ1n) is 9.56. The second-order valence-electron chi connectivity index (χ2n) is 6.89. The van der Waals surface area contributed by atoms with Gasteiger partial charge in [-0.1, -0.05) is 24.3 Å². The van der Waals surface area contributed by atoms with E-state index < -0.39 is 0 Å². The van der Waals surface area contributed by atoms with Gasteiger partial charge >= 0.3 is 5.69 Å². The van der Waals surface area contributed by atoms with Crippen molar-refractivity contribution < 1.29 is 9.53 Å². The van der Waals surface area contributed by atoms with Crippen LogP contribution in [-0.4, -0.2) is 48.3 Å². The monoisotopic (exact) mass is 380 g/mol. The molecule has 3 aromatic rings. The number of hydrogen-bond acceptors (Lipinski definition) is 4. The van der Waals surface area contributed by atoms with Crippen LogP contribution in [0.2, 0.25) is 0 Å². The molecular weight excluding hydrogens is 356 g/mol. The van der Waals surface area contributed by atoms with Gasteiger partial charge < -0.3 is 19.9 Å². The molecule has 146 valence electrons. The number of H-pyrrole nitrogens is 1. The Labute approximate surface area is 162 Å². The highest BCUT2D eigenvalue weighted by Crippen LogP contribution is 2.17. The van der Waals surface area contributed by atoms with E-state index in [0.29, 0.717) is 19.5 Å². The van der Waals surface area contributed by atoms with Crippen LogP contribution in [0.3, 0.4) is 0 Å². The lowest BCUT2D eigenvalue weighted by Gasteiger charge is -2.28. The number of benzene rings is 2. The second kappa shape index (κ2) is 8.31. The van der Waals surface area contributed by atoms with E-state index in [1.807, 2.05) is 36.4 Å². The molecule has 0 unspecified atom stereocenters. The Bertz CT molecular complexity index is 1000. The number of aromatic nitrogens is 2. The predicted molar refractivity (Wildman–Crippen MR) is 109 cm³/mol. The highest BCUT2D eigenvalue weighted by Gasteiger charge is 2.11. The maximum absolute atomic E-state index is 12.2. The Balaban J connectivity index is 1.29. The quantitative estimate of drug-likeness (QED) is 0.680. The van der Waals surface area contributed by atoms with Gasteiger partial charge in [-0.3, -0.25) is 9.36 Å². The van der Waals surface area contributed by atoms with Crippen LogP contribution in [0.4, 0.5) is 5.69 Å². The van der Waals surface area contributed by atoms with Gasteiger partial charge in [0.05, 0.1) is 30.7 Å². The van der Waals surface area contributed by atoms with Gasteiger partial charge in [0.1, 0.15) is 0 Å². The summed E-state index contributed by atoms with van der Waals surface area (Å²) in [6, 6.07) is 15.6. The van der Waals surface area contributed by atoms with Crippen LogP contribution in [0.15, 0.2) is 53.3 Å². The third kappa shape index (κ3) is 4.09. The SMILES string of the molecule is O=C(Cc1ccc(N2CCOCC2)cc1)NCCn1c(=O)[nH]c2ccccc21. The van der Waals surface area contributed by atoms with E-state index in [9.17, 15) is 9.59 Å². The number of nitrogens with zero attached hydrogens (tertiary/aromatic N) is 2. The topological polar surface area (TPSA) is 79.4 Å². The van der Waals surface area contributed by atoms with E-state index in [1.165, 1.54) is 0 Å². The molecule has 1 fully saturated rings. The lowest BCUT2D eigenvalue weighted by Crippen LogP contribution is -2.36. The Morgan fingerprint density at radius 2 is 1.82 bits per heavy atom. The molecule has 0 atom stereocenters. The lowest BCUT2D eigenvalue weighted by atomic mass is 10.1. The van der Waals surface area contributed by atoms with E-state index in [-0.39, 0.29) is 11.6 Å². The first kappa shape index (κ1) is 18.3. The molecular formula is C21H24N4O3. The van der Waals surface area contributed by atoms with Crippen LogP contribution < -0.4 is 15.9 Å². The van der Waals surface area contributed by atoms with Crippen molar-refractivity contribution in [2.75, 3.05) is 37.7 Å². The molecule has 1 aliphatic rings. The molecule has 1 aliphatic heterocycles. The largest absolute Gasteiger partial charge is 0.378 e. The fourth-order valence-corrected chi connectivity index (χ4v) is 3.53. The average Bonchev–Trinajstić information content (AvgIpc) is 3.04. The Hall–Kier alpha value is -3.06. The van der Waals surface area contributed by atoms with Crippen molar-refractivity contribution in [1.82, 2.24) is 14.9 Å². The molecule has 0 bridgehead atoms. The molecule has 1 amide bonds. The van der Waals surface area contributed by atoms with E-state index >= 15 is 0 Å². The van der Waals surface area contributed by atoms with Crippen LogP contribution in [0.1, 0.15) is 5.56 Å². The number of hydrogen-bond donors (Lipinski definition) is 2. The number of anilines is 1. The van der Waals surface area contributed by atoms with Gasteiger partial charge in [-0.15, -0.1) is 0 Å². The van der Waals surface area contributed by atoms with Crippen LogP contribution >= 0.6 is 0 Å². The highest BCUT2D eigenvalue weighted by atomic mass is 16.5. The molecule has 1 saturated heterocycles.